The lowest BCUT2D eigenvalue weighted by Crippen LogP contribution is -2.15. The summed E-state index contributed by atoms with van der Waals surface area (Å²) in [5.41, 5.74) is 1.91. The molecule has 0 aliphatic carbocycles. The normalized spacial score (nSPS) is 13.6. The molecule has 5 heteroatoms. The van der Waals surface area contributed by atoms with E-state index in [4.69, 9.17) is 14.6 Å². The molecule has 1 aliphatic heterocycles. The van der Waals surface area contributed by atoms with Gasteiger partial charge in [0.2, 0.25) is 0 Å². The molecule has 0 saturated heterocycles. The van der Waals surface area contributed by atoms with Crippen molar-refractivity contribution in [3.8, 4) is 22.8 Å². The molecule has 0 unspecified atom stereocenters. The quantitative estimate of drug-likeness (QED) is 0.858. The predicted molar refractivity (Wildman–Crippen MR) is 65.8 cm³/mol. The van der Waals surface area contributed by atoms with Gasteiger partial charge in [-0.25, -0.2) is 4.98 Å². The minimum Gasteiger partial charge on any atom is -0.486 e. The minimum absolute atomic E-state index is 0.0914. The van der Waals surface area contributed by atoms with E-state index in [1.807, 2.05) is 18.2 Å². The second kappa shape index (κ2) is 4.70. The highest BCUT2D eigenvalue weighted by Crippen LogP contribution is 2.33. The van der Waals surface area contributed by atoms with Crippen LogP contribution in [0.15, 0.2) is 24.4 Å². The SMILES string of the molecule is OCCc1ncc(-c2ccc3c(c2)OCCO3)[nH]1. The van der Waals surface area contributed by atoms with Gasteiger partial charge in [-0.15, -0.1) is 0 Å². The van der Waals surface area contributed by atoms with E-state index in [1.165, 1.54) is 0 Å². The van der Waals surface area contributed by atoms with Crippen molar-refractivity contribution < 1.29 is 14.6 Å². The van der Waals surface area contributed by atoms with Crippen LogP contribution in [0.2, 0.25) is 0 Å². The molecular formula is C13H14N2O3. The summed E-state index contributed by atoms with van der Waals surface area (Å²) in [6.07, 6.45) is 2.29. The minimum atomic E-state index is 0.0914. The van der Waals surface area contributed by atoms with Gasteiger partial charge in [-0.2, -0.15) is 0 Å². The Kier molecular flexibility index (Phi) is 2.90. The fourth-order valence-corrected chi connectivity index (χ4v) is 1.95. The third kappa shape index (κ3) is 2.04. The van der Waals surface area contributed by atoms with Gasteiger partial charge in [0.15, 0.2) is 11.5 Å². The lowest BCUT2D eigenvalue weighted by Gasteiger charge is -2.18. The van der Waals surface area contributed by atoms with E-state index < -0.39 is 0 Å². The van der Waals surface area contributed by atoms with Crippen LogP contribution in [0.25, 0.3) is 11.3 Å². The average Bonchev–Trinajstić information content (AvgIpc) is 2.87. The van der Waals surface area contributed by atoms with E-state index in [-0.39, 0.29) is 6.61 Å². The van der Waals surface area contributed by atoms with E-state index in [0.717, 1.165) is 28.6 Å². The molecule has 0 atom stereocenters. The maximum atomic E-state index is 8.86. The number of ether oxygens (including phenoxy) is 2. The number of rotatable bonds is 3. The Hall–Kier alpha value is -2.01. The summed E-state index contributed by atoms with van der Waals surface area (Å²) in [4.78, 5) is 7.38. The van der Waals surface area contributed by atoms with Crippen molar-refractivity contribution in [3.05, 3.63) is 30.2 Å². The standard InChI is InChI=1S/C13H14N2O3/c16-4-3-13-14-8-10(15-13)9-1-2-11-12(7-9)18-6-5-17-11/h1-2,7-8,16H,3-6H2,(H,14,15). The zero-order chi connectivity index (χ0) is 12.4. The second-order valence-corrected chi connectivity index (χ2v) is 4.08. The Bertz CT molecular complexity index is 551. The summed E-state index contributed by atoms with van der Waals surface area (Å²) in [5.74, 6) is 2.32. The molecule has 94 valence electrons. The second-order valence-electron chi connectivity index (χ2n) is 4.08. The van der Waals surface area contributed by atoms with Crippen LogP contribution in [0.4, 0.5) is 0 Å². The predicted octanol–water partition coefficient (Wildman–Crippen LogP) is 1.38. The monoisotopic (exact) mass is 246 g/mol. The van der Waals surface area contributed by atoms with Crippen molar-refractivity contribution in [3.63, 3.8) is 0 Å². The number of hydrogen-bond donors (Lipinski definition) is 2. The third-order valence-corrected chi connectivity index (χ3v) is 2.83. The number of nitrogens with one attached hydrogen (secondary N) is 1. The zero-order valence-electron chi connectivity index (χ0n) is 9.85. The highest BCUT2D eigenvalue weighted by Gasteiger charge is 2.13. The summed E-state index contributed by atoms with van der Waals surface area (Å²) >= 11 is 0. The molecule has 2 N–H and O–H groups in total. The Balaban J connectivity index is 1.91. The van der Waals surface area contributed by atoms with Gasteiger partial charge in [0.25, 0.3) is 0 Å². The Morgan fingerprint density at radius 3 is 2.89 bits per heavy atom. The first-order valence-electron chi connectivity index (χ1n) is 5.91. The topological polar surface area (TPSA) is 67.4 Å². The van der Waals surface area contributed by atoms with Gasteiger partial charge in [-0.05, 0) is 18.2 Å². The molecule has 18 heavy (non-hydrogen) atoms. The maximum absolute atomic E-state index is 8.86. The average molecular weight is 246 g/mol. The van der Waals surface area contributed by atoms with Gasteiger partial charge in [-0.1, -0.05) is 0 Å². The number of aliphatic hydroxyl groups is 1. The molecule has 2 heterocycles. The highest BCUT2D eigenvalue weighted by atomic mass is 16.6. The largest absolute Gasteiger partial charge is 0.486 e. The van der Waals surface area contributed by atoms with Gasteiger partial charge in [0.05, 0.1) is 18.5 Å². The molecular weight excluding hydrogens is 232 g/mol. The van der Waals surface area contributed by atoms with Crippen LogP contribution in [0.1, 0.15) is 5.82 Å². The lowest BCUT2D eigenvalue weighted by molar-refractivity contribution is 0.171. The molecule has 2 aromatic rings. The van der Waals surface area contributed by atoms with Gasteiger partial charge in [0.1, 0.15) is 19.0 Å². The van der Waals surface area contributed by atoms with Crippen molar-refractivity contribution in [2.75, 3.05) is 19.8 Å². The molecule has 0 fully saturated rings. The van der Waals surface area contributed by atoms with E-state index in [2.05, 4.69) is 9.97 Å². The summed E-state index contributed by atoms with van der Waals surface area (Å²) in [5, 5.41) is 8.86. The Morgan fingerprint density at radius 2 is 2.06 bits per heavy atom. The molecule has 0 bridgehead atoms. The van der Waals surface area contributed by atoms with Crippen LogP contribution in [-0.2, 0) is 6.42 Å². The van der Waals surface area contributed by atoms with Gasteiger partial charge >= 0.3 is 0 Å². The van der Waals surface area contributed by atoms with Gasteiger partial charge in [0, 0.05) is 12.0 Å². The van der Waals surface area contributed by atoms with Crippen molar-refractivity contribution in [2.24, 2.45) is 0 Å². The molecule has 5 nitrogen and oxygen atoms in total. The Labute approximate surface area is 104 Å². The molecule has 0 radical (unpaired) electrons. The van der Waals surface area contributed by atoms with E-state index in [0.29, 0.717) is 19.6 Å². The van der Waals surface area contributed by atoms with Crippen LogP contribution >= 0.6 is 0 Å². The molecule has 0 saturated carbocycles. The Morgan fingerprint density at radius 1 is 1.22 bits per heavy atom. The van der Waals surface area contributed by atoms with Crippen molar-refractivity contribution in [1.29, 1.82) is 0 Å². The number of aliphatic hydroxyl groups excluding tert-OH is 1. The molecule has 1 aromatic carbocycles. The van der Waals surface area contributed by atoms with Crippen molar-refractivity contribution in [2.45, 2.75) is 6.42 Å². The lowest BCUT2D eigenvalue weighted by atomic mass is 10.1. The van der Waals surface area contributed by atoms with Crippen LogP contribution in [0.3, 0.4) is 0 Å². The number of imidazole rings is 1. The van der Waals surface area contributed by atoms with E-state index in [1.54, 1.807) is 6.20 Å². The number of aromatic amines is 1. The maximum Gasteiger partial charge on any atom is 0.162 e. The summed E-state index contributed by atoms with van der Waals surface area (Å²) < 4.78 is 11.0. The third-order valence-electron chi connectivity index (χ3n) is 2.83. The zero-order valence-corrected chi connectivity index (χ0v) is 9.85. The van der Waals surface area contributed by atoms with E-state index in [9.17, 15) is 0 Å². The fourth-order valence-electron chi connectivity index (χ4n) is 1.95. The summed E-state index contributed by atoms with van der Waals surface area (Å²) in [7, 11) is 0. The number of fused-ring (bicyclic) bond motifs is 1. The molecule has 0 spiro atoms. The van der Waals surface area contributed by atoms with Crippen LogP contribution in [0.5, 0.6) is 11.5 Å². The number of aromatic nitrogens is 2. The molecule has 0 amide bonds. The van der Waals surface area contributed by atoms with Gasteiger partial charge < -0.3 is 19.6 Å². The number of nitrogens with zero attached hydrogens (tertiary/aromatic N) is 1. The van der Waals surface area contributed by atoms with Crippen molar-refractivity contribution >= 4 is 0 Å². The highest BCUT2D eigenvalue weighted by molar-refractivity contribution is 5.63. The molecule has 3 rings (SSSR count). The fraction of sp³-hybridized carbons (Fsp3) is 0.308. The number of H-pyrrole nitrogens is 1. The van der Waals surface area contributed by atoms with Crippen LogP contribution < -0.4 is 9.47 Å². The molecule has 1 aliphatic rings. The first-order valence-corrected chi connectivity index (χ1v) is 5.91. The summed E-state index contributed by atoms with van der Waals surface area (Å²) in [6.45, 7) is 1.26. The first-order chi connectivity index (χ1) is 8.86. The number of hydrogen-bond acceptors (Lipinski definition) is 4. The van der Waals surface area contributed by atoms with Crippen molar-refractivity contribution in [1.82, 2.24) is 9.97 Å². The smallest absolute Gasteiger partial charge is 0.162 e. The van der Waals surface area contributed by atoms with E-state index >= 15 is 0 Å². The molecule has 1 aromatic heterocycles. The summed E-state index contributed by atoms with van der Waals surface area (Å²) in [6, 6.07) is 5.80. The van der Waals surface area contributed by atoms with Gasteiger partial charge in [-0.3, -0.25) is 0 Å². The number of benzene rings is 1. The first kappa shape index (κ1) is 11.1. The van der Waals surface area contributed by atoms with Crippen LogP contribution in [0, 0.1) is 0 Å². The van der Waals surface area contributed by atoms with Crippen LogP contribution in [-0.4, -0.2) is 34.9 Å².